The first-order chi connectivity index (χ1) is 7.08. The van der Waals surface area contributed by atoms with Gasteiger partial charge in [-0.05, 0) is 5.92 Å². The topological polar surface area (TPSA) is 47.4 Å². The summed E-state index contributed by atoms with van der Waals surface area (Å²) < 4.78 is 6.92. The Bertz CT molecular complexity index is 372. The van der Waals surface area contributed by atoms with Gasteiger partial charge in [-0.3, -0.25) is 9.58 Å². The fourth-order valence-electron chi connectivity index (χ4n) is 1.59. The number of nitrogens with zero attached hydrogens (tertiary/aromatic N) is 3. The minimum absolute atomic E-state index is 0.0160. The van der Waals surface area contributed by atoms with Crippen LogP contribution in [0, 0.1) is 5.92 Å². The fourth-order valence-corrected chi connectivity index (χ4v) is 1.59. The van der Waals surface area contributed by atoms with E-state index in [0.717, 1.165) is 5.69 Å². The van der Waals surface area contributed by atoms with Crippen LogP contribution in [0.2, 0.25) is 0 Å². The highest BCUT2D eigenvalue weighted by atomic mass is 16.6. The highest BCUT2D eigenvalue weighted by molar-refractivity contribution is 5.89. The van der Waals surface area contributed by atoms with Gasteiger partial charge < -0.3 is 4.74 Å². The molecule has 5 heteroatoms. The van der Waals surface area contributed by atoms with E-state index in [4.69, 9.17) is 4.74 Å². The van der Waals surface area contributed by atoms with Crippen molar-refractivity contribution in [2.45, 2.75) is 20.0 Å². The quantitative estimate of drug-likeness (QED) is 0.739. The van der Waals surface area contributed by atoms with Gasteiger partial charge >= 0.3 is 6.09 Å². The highest BCUT2D eigenvalue weighted by Crippen LogP contribution is 2.23. The van der Waals surface area contributed by atoms with E-state index in [1.165, 1.54) is 0 Å². The van der Waals surface area contributed by atoms with Crippen LogP contribution in [0.25, 0.3) is 0 Å². The van der Waals surface area contributed by atoms with Crippen molar-refractivity contribution in [3.8, 4) is 0 Å². The molecule has 15 heavy (non-hydrogen) atoms. The van der Waals surface area contributed by atoms with E-state index in [9.17, 15) is 4.79 Å². The number of cyclic esters (lactones) is 1. The van der Waals surface area contributed by atoms with Gasteiger partial charge in [-0.25, -0.2) is 4.79 Å². The summed E-state index contributed by atoms with van der Waals surface area (Å²) in [6.07, 6.45) is 3.19. The van der Waals surface area contributed by atoms with E-state index in [1.807, 2.05) is 27.1 Å². The average Bonchev–Trinajstić information content (AvgIpc) is 2.71. The predicted molar refractivity (Wildman–Crippen MR) is 55.7 cm³/mol. The molecule has 0 spiro atoms. The summed E-state index contributed by atoms with van der Waals surface area (Å²) in [4.78, 5) is 13.2. The van der Waals surface area contributed by atoms with Crippen molar-refractivity contribution in [3.63, 3.8) is 0 Å². The molecule has 1 fully saturated rings. The highest BCUT2D eigenvalue weighted by Gasteiger charge is 2.34. The van der Waals surface area contributed by atoms with Crippen molar-refractivity contribution in [1.82, 2.24) is 9.78 Å². The molecule has 1 aliphatic rings. The van der Waals surface area contributed by atoms with Gasteiger partial charge in [0.15, 0.2) is 0 Å². The molecule has 0 saturated carbocycles. The molecular weight excluding hydrogens is 194 g/mol. The van der Waals surface area contributed by atoms with Crippen LogP contribution in [0.5, 0.6) is 0 Å². The van der Waals surface area contributed by atoms with Crippen molar-refractivity contribution in [2.75, 3.05) is 11.4 Å². The van der Waals surface area contributed by atoms with Crippen LogP contribution in [0.1, 0.15) is 13.8 Å². The first-order valence-electron chi connectivity index (χ1n) is 5.04. The van der Waals surface area contributed by atoms with Crippen molar-refractivity contribution < 1.29 is 9.53 Å². The lowest BCUT2D eigenvalue weighted by atomic mass is 10.1. The molecule has 0 unspecified atom stereocenters. The van der Waals surface area contributed by atoms with Gasteiger partial charge in [-0.2, -0.15) is 5.10 Å². The van der Waals surface area contributed by atoms with Crippen molar-refractivity contribution in [1.29, 1.82) is 0 Å². The molecule has 1 amide bonds. The number of anilines is 1. The van der Waals surface area contributed by atoms with Crippen LogP contribution in [0.3, 0.4) is 0 Å². The van der Waals surface area contributed by atoms with Gasteiger partial charge in [0.2, 0.25) is 0 Å². The Labute approximate surface area is 88.6 Å². The van der Waals surface area contributed by atoms with Gasteiger partial charge in [-0.1, -0.05) is 13.8 Å². The molecule has 0 bridgehead atoms. The molecule has 0 aliphatic carbocycles. The number of amides is 1. The lowest BCUT2D eigenvalue weighted by Crippen LogP contribution is -2.25. The maximum Gasteiger partial charge on any atom is 0.414 e. The van der Waals surface area contributed by atoms with E-state index in [-0.39, 0.29) is 12.2 Å². The molecule has 0 N–H and O–H groups in total. The molecule has 0 radical (unpaired) electrons. The fraction of sp³-hybridized carbons (Fsp3) is 0.600. The number of hydrogen-bond acceptors (Lipinski definition) is 3. The Kier molecular flexibility index (Phi) is 2.38. The minimum atomic E-state index is -0.276. The van der Waals surface area contributed by atoms with Crippen molar-refractivity contribution in [2.24, 2.45) is 13.0 Å². The Hall–Kier alpha value is -1.52. The second-order valence-corrected chi connectivity index (χ2v) is 4.15. The Morgan fingerprint density at radius 3 is 2.80 bits per heavy atom. The van der Waals surface area contributed by atoms with Gasteiger partial charge in [0.05, 0.1) is 18.4 Å². The summed E-state index contributed by atoms with van der Waals surface area (Å²) in [5, 5.41) is 4.03. The Balaban J connectivity index is 2.15. The van der Waals surface area contributed by atoms with E-state index in [0.29, 0.717) is 12.5 Å². The van der Waals surface area contributed by atoms with Crippen LogP contribution in [-0.4, -0.2) is 28.5 Å². The SMILES string of the molecule is CC(C)[C@H]1CN(c2cnn(C)c2)C(=O)O1. The smallest absolute Gasteiger partial charge is 0.414 e. The molecule has 82 valence electrons. The Morgan fingerprint density at radius 1 is 1.60 bits per heavy atom. The minimum Gasteiger partial charge on any atom is -0.444 e. The second-order valence-electron chi connectivity index (χ2n) is 4.15. The van der Waals surface area contributed by atoms with E-state index < -0.39 is 0 Å². The van der Waals surface area contributed by atoms with E-state index in [2.05, 4.69) is 5.10 Å². The van der Waals surface area contributed by atoms with Gasteiger partial charge in [0.1, 0.15) is 6.10 Å². The molecule has 2 rings (SSSR count). The zero-order chi connectivity index (χ0) is 11.0. The third-order valence-electron chi connectivity index (χ3n) is 2.58. The van der Waals surface area contributed by atoms with E-state index >= 15 is 0 Å². The molecule has 1 aliphatic heterocycles. The normalized spacial score (nSPS) is 21.2. The van der Waals surface area contributed by atoms with Crippen molar-refractivity contribution >= 4 is 11.8 Å². The summed E-state index contributed by atoms with van der Waals surface area (Å²) in [5.41, 5.74) is 0.797. The second kappa shape index (κ2) is 3.56. The van der Waals surface area contributed by atoms with Crippen LogP contribution >= 0.6 is 0 Å². The van der Waals surface area contributed by atoms with Crippen LogP contribution in [0.15, 0.2) is 12.4 Å². The summed E-state index contributed by atoms with van der Waals surface area (Å²) in [6, 6.07) is 0. The Morgan fingerprint density at radius 2 is 2.33 bits per heavy atom. The largest absolute Gasteiger partial charge is 0.444 e. The lowest BCUT2D eigenvalue weighted by Gasteiger charge is -2.11. The monoisotopic (exact) mass is 209 g/mol. The molecule has 2 heterocycles. The standard InChI is InChI=1S/C10H15N3O2/c1-7(2)9-6-13(10(14)15-9)8-4-11-12(3)5-8/h4-5,7,9H,6H2,1-3H3/t9-/m1/s1. The zero-order valence-corrected chi connectivity index (χ0v) is 9.17. The predicted octanol–water partition coefficient (Wildman–Crippen LogP) is 1.40. The maximum atomic E-state index is 11.6. The molecule has 0 aromatic carbocycles. The number of rotatable bonds is 2. The number of hydrogen-bond donors (Lipinski definition) is 0. The number of aryl methyl sites for hydroxylation is 1. The molecule has 1 aromatic rings. The molecule has 1 atom stereocenters. The summed E-state index contributed by atoms with van der Waals surface area (Å²) in [5.74, 6) is 0.343. The summed E-state index contributed by atoms with van der Waals surface area (Å²) in [7, 11) is 1.82. The first kappa shape index (κ1) is 10.0. The van der Waals surface area contributed by atoms with Gasteiger partial charge in [-0.15, -0.1) is 0 Å². The van der Waals surface area contributed by atoms with Gasteiger partial charge in [0.25, 0.3) is 0 Å². The van der Waals surface area contributed by atoms with Crippen LogP contribution in [0.4, 0.5) is 10.5 Å². The first-order valence-corrected chi connectivity index (χ1v) is 5.04. The van der Waals surface area contributed by atoms with Crippen molar-refractivity contribution in [3.05, 3.63) is 12.4 Å². The average molecular weight is 209 g/mol. The van der Waals surface area contributed by atoms with Crippen LogP contribution < -0.4 is 4.90 Å². The summed E-state index contributed by atoms with van der Waals surface area (Å²) >= 11 is 0. The third kappa shape index (κ3) is 1.82. The lowest BCUT2D eigenvalue weighted by molar-refractivity contribution is 0.116. The molecule has 5 nitrogen and oxygen atoms in total. The maximum absolute atomic E-state index is 11.6. The molecule has 1 saturated heterocycles. The van der Waals surface area contributed by atoms with E-state index in [1.54, 1.807) is 15.8 Å². The van der Waals surface area contributed by atoms with Gasteiger partial charge in [0, 0.05) is 13.2 Å². The van der Waals surface area contributed by atoms with Crippen LogP contribution in [-0.2, 0) is 11.8 Å². The summed E-state index contributed by atoms with van der Waals surface area (Å²) in [6.45, 7) is 4.71. The molecular formula is C10H15N3O2. The third-order valence-corrected chi connectivity index (χ3v) is 2.58. The number of carbonyl (C=O) groups is 1. The number of carbonyl (C=O) groups excluding carboxylic acids is 1. The zero-order valence-electron chi connectivity index (χ0n) is 9.17. The number of ether oxygens (including phenoxy) is 1. The molecule has 1 aromatic heterocycles. The number of aromatic nitrogens is 2.